The summed E-state index contributed by atoms with van der Waals surface area (Å²) in [7, 11) is 0. The molecule has 0 bridgehead atoms. The topological polar surface area (TPSA) is 75.6 Å². The highest BCUT2D eigenvalue weighted by atomic mass is 16.5. The smallest absolute Gasteiger partial charge is 0.308 e. The van der Waals surface area contributed by atoms with Crippen LogP contribution in [0, 0.1) is 12.8 Å². The molecule has 126 valence electrons. The quantitative estimate of drug-likeness (QED) is 0.820. The maximum atomic E-state index is 12.2. The monoisotopic (exact) mass is 327 g/mol. The number of aliphatic carboxylic acids is 1. The Morgan fingerprint density at radius 1 is 1.12 bits per heavy atom. The van der Waals surface area contributed by atoms with Gasteiger partial charge in [0.15, 0.2) is 6.61 Å². The van der Waals surface area contributed by atoms with Crippen LogP contribution < -0.4 is 10.1 Å². The van der Waals surface area contributed by atoms with Crippen molar-refractivity contribution in [2.24, 2.45) is 5.92 Å². The van der Waals surface area contributed by atoms with E-state index < -0.39 is 17.9 Å². The fourth-order valence-electron chi connectivity index (χ4n) is 2.37. The van der Waals surface area contributed by atoms with Crippen LogP contribution >= 0.6 is 0 Å². The number of carboxylic acid groups (broad SMARTS) is 1. The molecule has 2 N–H and O–H groups in total. The molecule has 2 atom stereocenters. The van der Waals surface area contributed by atoms with Crippen molar-refractivity contribution in [2.45, 2.75) is 19.9 Å². The van der Waals surface area contributed by atoms with E-state index in [9.17, 15) is 14.7 Å². The lowest BCUT2D eigenvalue weighted by molar-refractivity contribution is -0.142. The summed E-state index contributed by atoms with van der Waals surface area (Å²) in [4.78, 5) is 23.5. The molecule has 0 radical (unpaired) electrons. The normalized spacial score (nSPS) is 12.9. The highest BCUT2D eigenvalue weighted by Gasteiger charge is 2.26. The lowest BCUT2D eigenvalue weighted by atomic mass is 9.94. The number of aryl methyl sites for hydroxylation is 1. The Labute approximate surface area is 141 Å². The van der Waals surface area contributed by atoms with Gasteiger partial charge in [-0.2, -0.15) is 0 Å². The predicted molar refractivity (Wildman–Crippen MR) is 90.8 cm³/mol. The minimum atomic E-state index is -0.969. The van der Waals surface area contributed by atoms with Crippen molar-refractivity contribution in [1.29, 1.82) is 0 Å². The fourth-order valence-corrected chi connectivity index (χ4v) is 2.37. The Balaban J connectivity index is 2.03. The van der Waals surface area contributed by atoms with E-state index in [4.69, 9.17) is 4.74 Å². The van der Waals surface area contributed by atoms with Crippen LogP contribution in [-0.4, -0.2) is 23.6 Å². The molecule has 5 nitrogen and oxygen atoms in total. The van der Waals surface area contributed by atoms with Gasteiger partial charge in [0, 0.05) is 0 Å². The molecule has 1 amide bonds. The van der Waals surface area contributed by atoms with E-state index in [1.165, 1.54) is 0 Å². The molecular weight excluding hydrogens is 306 g/mol. The van der Waals surface area contributed by atoms with E-state index in [0.717, 1.165) is 11.1 Å². The third-order valence-electron chi connectivity index (χ3n) is 3.72. The van der Waals surface area contributed by atoms with Gasteiger partial charge in [-0.25, -0.2) is 0 Å². The molecule has 2 aromatic rings. The van der Waals surface area contributed by atoms with Crippen LogP contribution in [0.1, 0.15) is 24.1 Å². The van der Waals surface area contributed by atoms with Crippen molar-refractivity contribution in [1.82, 2.24) is 5.32 Å². The zero-order valence-electron chi connectivity index (χ0n) is 13.7. The summed E-state index contributed by atoms with van der Waals surface area (Å²) in [5, 5.41) is 12.0. The molecule has 0 saturated carbocycles. The van der Waals surface area contributed by atoms with Gasteiger partial charge in [0.2, 0.25) is 0 Å². The van der Waals surface area contributed by atoms with E-state index in [0.29, 0.717) is 5.75 Å². The number of carbonyl (C=O) groups excluding carboxylic acids is 1. The first-order valence-electron chi connectivity index (χ1n) is 7.74. The average molecular weight is 327 g/mol. The zero-order valence-corrected chi connectivity index (χ0v) is 13.7. The third kappa shape index (κ3) is 4.84. The minimum absolute atomic E-state index is 0.168. The summed E-state index contributed by atoms with van der Waals surface area (Å²) >= 11 is 0. The molecule has 2 unspecified atom stereocenters. The van der Waals surface area contributed by atoms with Crippen molar-refractivity contribution in [2.75, 3.05) is 6.61 Å². The molecule has 0 fully saturated rings. The SMILES string of the molecule is Cc1cccc(OCC(=O)NC(c2ccccc2)C(C)C(=O)O)c1. The number of ether oxygens (including phenoxy) is 1. The first kappa shape index (κ1) is 17.5. The number of hydrogen-bond acceptors (Lipinski definition) is 3. The maximum absolute atomic E-state index is 12.2. The van der Waals surface area contributed by atoms with Crippen molar-refractivity contribution in [3.63, 3.8) is 0 Å². The molecule has 24 heavy (non-hydrogen) atoms. The molecule has 0 aliphatic heterocycles. The summed E-state index contributed by atoms with van der Waals surface area (Å²) in [6.45, 7) is 3.34. The Bertz CT molecular complexity index is 700. The third-order valence-corrected chi connectivity index (χ3v) is 3.72. The van der Waals surface area contributed by atoms with Gasteiger partial charge in [0.1, 0.15) is 5.75 Å². The Hall–Kier alpha value is -2.82. The molecule has 0 heterocycles. The van der Waals surface area contributed by atoms with Crippen molar-refractivity contribution in [3.8, 4) is 5.75 Å². The molecule has 5 heteroatoms. The standard InChI is InChI=1S/C19H21NO4/c1-13-7-6-10-16(11-13)24-12-17(21)20-18(14(2)19(22)23)15-8-4-3-5-9-15/h3-11,14,18H,12H2,1-2H3,(H,20,21)(H,22,23). The van der Waals surface area contributed by atoms with Gasteiger partial charge in [-0.1, -0.05) is 42.5 Å². The molecule has 0 aromatic heterocycles. The second-order valence-electron chi connectivity index (χ2n) is 5.69. The van der Waals surface area contributed by atoms with E-state index in [1.807, 2.05) is 43.3 Å². The van der Waals surface area contributed by atoms with Crippen LogP contribution in [-0.2, 0) is 9.59 Å². The first-order chi connectivity index (χ1) is 11.5. The summed E-state index contributed by atoms with van der Waals surface area (Å²) in [6, 6.07) is 15.8. The molecular formula is C19H21NO4. The van der Waals surface area contributed by atoms with Gasteiger partial charge in [-0.05, 0) is 37.1 Å². The van der Waals surface area contributed by atoms with Crippen LogP contribution in [0.3, 0.4) is 0 Å². The van der Waals surface area contributed by atoms with E-state index >= 15 is 0 Å². The van der Waals surface area contributed by atoms with Crippen LogP contribution in [0.25, 0.3) is 0 Å². The summed E-state index contributed by atoms with van der Waals surface area (Å²) in [6.07, 6.45) is 0. The molecule has 0 aliphatic rings. The summed E-state index contributed by atoms with van der Waals surface area (Å²) in [5.74, 6) is -1.48. The number of carboxylic acids is 1. The maximum Gasteiger partial charge on any atom is 0.308 e. The number of nitrogens with one attached hydrogen (secondary N) is 1. The van der Waals surface area contributed by atoms with E-state index in [2.05, 4.69) is 5.32 Å². The van der Waals surface area contributed by atoms with Crippen LogP contribution in [0.2, 0.25) is 0 Å². The zero-order chi connectivity index (χ0) is 17.5. The Kier molecular flexibility index (Phi) is 5.95. The largest absolute Gasteiger partial charge is 0.484 e. The lowest BCUT2D eigenvalue weighted by Crippen LogP contribution is -2.38. The highest BCUT2D eigenvalue weighted by Crippen LogP contribution is 2.22. The predicted octanol–water partition coefficient (Wildman–Crippen LogP) is 2.95. The number of rotatable bonds is 7. The van der Waals surface area contributed by atoms with Crippen molar-refractivity contribution >= 4 is 11.9 Å². The number of benzene rings is 2. The van der Waals surface area contributed by atoms with Crippen LogP contribution in [0.4, 0.5) is 0 Å². The van der Waals surface area contributed by atoms with Gasteiger partial charge in [0.05, 0.1) is 12.0 Å². The molecule has 0 saturated heterocycles. The number of amides is 1. The lowest BCUT2D eigenvalue weighted by Gasteiger charge is -2.23. The number of hydrogen-bond donors (Lipinski definition) is 2. The fraction of sp³-hybridized carbons (Fsp3) is 0.263. The Morgan fingerprint density at radius 3 is 2.46 bits per heavy atom. The summed E-state index contributed by atoms with van der Waals surface area (Å²) < 4.78 is 5.47. The molecule has 0 aliphatic carbocycles. The van der Waals surface area contributed by atoms with Crippen molar-refractivity contribution < 1.29 is 19.4 Å². The molecule has 2 rings (SSSR count). The second kappa shape index (κ2) is 8.15. The minimum Gasteiger partial charge on any atom is -0.484 e. The van der Waals surface area contributed by atoms with Crippen molar-refractivity contribution in [3.05, 3.63) is 65.7 Å². The second-order valence-corrected chi connectivity index (χ2v) is 5.69. The van der Waals surface area contributed by atoms with Gasteiger partial charge in [0.25, 0.3) is 5.91 Å². The van der Waals surface area contributed by atoms with E-state index in [1.54, 1.807) is 25.1 Å². The van der Waals surface area contributed by atoms with Crippen LogP contribution in [0.5, 0.6) is 5.75 Å². The van der Waals surface area contributed by atoms with Gasteiger partial charge in [-0.3, -0.25) is 9.59 Å². The average Bonchev–Trinajstić information content (AvgIpc) is 2.58. The molecule has 2 aromatic carbocycles. The van der Waals surface area contributed by atoms with Crippen LogP contribution in [0.15, 0.2) is 54.6 Å². The van der Waals surface area contributed by atoms with Gasteiger partial charge in [-0.15, -0.1) is 0 Å². The van der Waals surface area contributed by atoms with Gasteiger partial charge < -0.3 is 15.2 Å². The summed E-state index contributed by atoms with van der Waals surface area (Å²) in [5.41, 5.74) is 1.78. The first-order valence-corrected chi connectivity index (χ1v) is 7.74. The Morgan fingerprint density at radius 2 is 1.83 bits per heavy atom. The molecule has 0 spiro atoms. The van der Waals surface area contributed by atoms with Gasteiger partial charge >= 0.3 is 5.97 Å². The highest BCUT2D eigenvalue weighted by molar-refractivity contribution is 5.79. The van der Waals surface area contributed by atoms with E-state index in [-0.39, 0.29) is 12.5 Å². The number of carbonyl (C=O) groups is 2.